The van der Waals surface area contributed by atoms with Gasteiger partial charge in [0.1, 0.15) is 5.82 Å². The SMILES string of the molecule is O=C(NCc1ccc(F)cc1)c1cc2ccccc2c(=O)o1. The fraction of sp³-hybridized carbons (Fsp3) is 0.0588. The molecule has 4 nitrogen and oxygen atoms in total. The van der Waals surface area contributed by atoms with Crippen LogP contribution in [0.2, 0.25) is 0 Å². The molecule has 0 spiro atoms. The molecule has 0 bridgehead atoms. The molecule has 5 heteroatoms. The molecule has 0 aliphatic rings. The standard InChI is InChI=1S/C17H12FNO3/c18-13-7-5-11(6-8-13)10-19-16(20)15-9-12-3-1-2-4-14(12)17(21)22-15/h1-9H,10H2,(H,19,20). The Kier molecular flexibility index (Phi) is 3.70. The molecule has 3 aromatic rings. The van der Waals surface area contributed by atoms with Crippen molar-refractivity contribution in [2.45, 2.75) is 6.54 Å². The molecule has 0 fully saturated rings. The second-order valence-corrected chi connectivity index (χ2v) is 4.79. The first-order chi connectivity index (χ1) is 10.6. The van der Waals surface area contributed by atoms with Crippen molar-refractivity contribution in [3.8, 4) is 0 Å². The number of benzene rings is 2. The molecular weight excluding hydrogens is 285 g/mol. The zero-order valence-electron chi connectivity index (χ0n) is 11.5. The smallest absolute Gasteiger partial charge is 0.344 e. The maximum Gasteiger partial charge on any atom is 0.344 e. The lowest BCUT2D eigenvalue weighted by Gasteiger charge is -2.05. The van der Waals surface area contributed by atoms with Gasteiger partial charge >= 0.3 is 5.63 Å². The Morgan fingerprint density at radius 1 is 1.09 bits per heavy atom. The summed E-state index contributed by atoms with van der Waals surface area (Å²) >= 11 is 0. The van der Waals surface area contributed by atoms with E-state index >= 15 is 0 Å². The third-order valence-corrected chi connectivity index (χ3v) is 3.26. The Morgan fingerprint density at radius 2 is 1.82 bits per heavy atom. The molecule has 1 amide bonds. The van der Waals surface area contributed by atoms with Gasteiger partial charge in [-0.25, -0.2) is 9.18 Å². The molecule has 1 N–H and O–H groups in total. The van der Waals surface area contributed by atoms with Gasteiger partial charge in [-0.3, -0.25) is 4.79 Å². The van der Waals surface area contributed by atoms with Gasteiger partial charge in [0.2, 0.25) is 0 Å². The molecule has 0 aliphatic carbocycles. The summed E-state index contributed by atoms with van der Waals surface area (Å²) in [6, 6.07) is 14.2. The van der Waals surface area contributed by atoms with Gasteiger partial charge in [-0.15, -0.1) is 0 Å². The van der Waals surface area contributed by atoms with Crippen LogP contribution < -0.4 is 10.9 Å². The van der Waals surface area contributed by atoms with Crippen molar-refractivity contribution in [2.75, 3.05) is 0 Å². The van der Waals surface area contributed by atoms with Crippen LogP contribution in [0, 0.1) is 5.82 Å². The zero-order valence-corrected chi connectivity index (χ0v) is 11.5. The van der Waals surface area contributed by atoms with E-state index in [1.165, 1.54) is 18.2 Å². The van der Waals surface area contributed by atoms with Crippen molar-refractivity contribution in [1.29, 1.82) is 0 Å². The molecule has 0 saturated carbocycles. The first-order valence-corrected chi connectivity index (χ1v) is 6.69. The lowest BCUT2D eigenvalue weighted by Crippen LogP contribution is -2.24. The van der Waals surface area contributed by atoms with Crippen LogP contribution in [0.5, 0.6) is 0 Å². The van der Waals surface area contributed by atoms with Crippen LogP contribution in [0.25, 0.3) is 10.8 Å². The highest BCUT2D eigenvalue weighted by Gasteiger charge is 2.11. The average Bonchev–Trinajstić information content (AvgIpc) is 2.54. The summed E-state index contributed by atoms with van der Waals surface area (Å²) in [4.78, 5) is 23.9. The predicted octanol–water partition coefficient (Wildman–Crippen LogP) is 2.86. The third kappa shape index (κ3) is 2.88. The van der Waals surface area contributed by atoms with E-state index in [0.717, 1.165) is 5.56 Å². The maximum atomic E-state index is 12.8. The minimum Gasteiger partial charge on any atom is -0.417 e. The predicted molar refractivity (Wildman–Crippen MR) is 80.1 cm³/mol. The Hall–Kier alpha value is -2.95. The van der Waals surface area contributed by atoms with Gasteiger partial charge in [-0.05, 0) is 35.2 Å². The highest BCUT2D eigenvalue weighted by molar-refractivity contribution is 5.95. The van der Waals surface area contributed by atoms with Gasteiger partial charge in [0, 0.05) is 6.54 Å². The molecule has 0 aliphatic heterocycles. The van der Waals surface area contributed by atoms with Crippen molar-refractivity contribution in [2.24, 2.45) is 0 Å². The topological polar surface area (TPSA) is 59.3 Å². The maximum absolute atomic E-state index is 12.8. The minimum atomic E-state index is -0.551. The Balaban J connectivity index is 1.80. The number of halogens is 1. The van der Waals surface area contributed by atoms with Crippen LogP contribution in [-0.4, -0.2) is 5.91 Å². The van der Waals surface area contributed by atoms with E-state index in [1.54, 1.807) is 36.4 Å². The second kappa shape index (κ2) is 5.81. The van der Waals surface area contributed by atoms with Crippen LogP contribution in [-0.2, 0) is 6.54 Å². The quantitative estimate of drug-likeness (QED) is 0.808. The molecular formula is C17H12FNO3. The third-order valence-electron chi connectivity index (χ3n) is 3.26. The van der Waals surface area contributed by atoms with Gasteiger partial charge in [0.05, 0.1) is 5.39 Å². The first kappa shape index (κ1) is 14.0. The average molecular weight is 297 g/mol. The van der Waals surface area contributed by atoms with Crippen molar-refractivity contribution in [3.63, 3.8) is 0 Å². The Morgan fingerprint density at radius 3 is 2.59 bits per heavy atom. The van der Waals surface area contributed by atoms with Gasteiger partial charge < -0.3 is 9.73 Å². The number of nitrogens with one attached hydrogen (secondary N) is 1. The molecule has 110 valence electrons. The lowest BCUT2D eigenvalue weighted by atomic mass is 10.1. The van der Waals surface area contributed by atoms with Crippen LogP contribution in [0.4, 0.5) is 4.39 Å². The van der Waals surface area contributed by atoms with Crippen molar-refractivity contribution >= 4 is 16.7 Å². The summed E-state index contributed by atoms with van der Waals surface area (Å²) < 4.78 is 17.8. The fourth-order valence-corrected chi connectivity index (χ4v) is 2.12. The van der Waals surface area contributed by atoms with Gasteiger partial charge in [0.25, 0.3) is 5.91 Å². The Labute approximate surface area is 125 Å². The number of rotatable bonds is 3. The molecule has 0 unspecified atom stereocenters. The van der Waals surface area contributed by atoms with Crippen LogP contribution in [0.1, 0.15) is 16.1 Å². The molecule has 2 aromatic carbocycles. The van der Waals surface area contributed by atoms with Crippen molar-refractivity contribution in [1.82, 2.24) is 5.32 Å². The van der Waals surface area contributed by atoms with E-state index in [1.807, 2.05) is 0 Å². The van der Waals surface area contributed by atoms with E-state index in [-0.39, 0.29) is 18.1 Å². The number of amides is 1. The minimum absolute atomic E-state index is 0.0502. The molecule has 3 rings (SSSR count). The molecule has 0 radical (unpaired) electrons. The lowest BCUT2D eigenvalue weighted by molar-refractivity contribution is 0.0919. The monoisotopic (exact) mass is 297 g/mol. The first-order valence-electron chi connectivity index (χ1n) is 6.69. The Bertz CT molecular complexity index is 884. The molecule has 0 atom stereocenters. The summed E-state index contributed by atoms with van der Waals surface area (Å²) in [6.07, 6.45) is 0. The van der Waals surface area contributed by atoms with E-state index in [4.69, 9.17) is 4.42 Å². The highest BCUT2D eigenvalue weighted by Crippen LogP contribution is 2.11. The van der Waals surface area contributed by atoms with Crippen LogP contribution in [0.15, 0.2) is 63.8 Å². The normalized spacial score (nSPS) is 10.6. The summed E-state index contributed by atoms with van der Waals surface area (Å²) in [5, 5.41) is 3.71. The molecule has 1 heterocycles. The van der Waals surface area contributed by atoms with Gasteiger partial charge in [-0.2, -0.15) is 0 Å². The van der Waals surface area contributed by atoms with E-state index in [9.17, 15) is 14.0 Å². The van der Waals surface area contributed by atoms with Crippen molar-refractivity contribution in [3.05, 3.63) is 82.2 Å². The number of carbonyl (C=O) groups excluding carboxylic acids is 1. The fourth-order valence-electron chi connectivity index (χ4n) is 2.12. The highest BCUT2D eigenvalue weighted by atomic mass is 19.1. The summed E-state index contributed by atoms with van der Waals surface area (Å²) in [7, 11) is 0. The number of carbonyl (C=O) groups is 1. The summed E-state index contributed by atoms with van der Waals surface area (Å²) in [6.45, 7) is 0.218. The second-order valence-electron chi connectivity index (χ2n) is 4.79. The number of fused-ring (bicyclic) bond motifs is 1. The summed E-state index contributed by atoms with van der Waals surface area (Å²) in [5.41, 5.74) is 0.197. The van der Waals surface area contributed by atoms with Gasteiger partial charge in [0.15, 0.2) is 5.76 Å². The number of hydrogen-bond donors (Lipinski definition) is 1. The molecule has 22 heavy (non-hydrogen) atoms. The van der Waals surface area contributed by atoms with Crippen LogP contribution >= 0.6 is 0 Å². The zero-order chi connectivity index (χ0) is 15.5. The van der Waals surface area contributed by atoms with E-state index in [0.29, 0.717) is 10.8 Å². The largest absolute Gasteiger partial charge is 0.417 e. The van der Waals surface area contributed by atoms with Crippen molar-refractivity contribution < 1.29 is 13.6 Å². The van der Waals surface area contributed by atoms with E-state index in [2.05, 4.69) is 5.32 Å². The molecule has 0 saturated heterocycles. The number of hydrogen-bond acceptors (Lipinski definition) is 3. The summed E-state index contributed by atoms with van der Waals surface area (Å²) in [5.74, 6) is -0.881. The molecule has 1 aromatic heterocycles. The van der Waals surface area contributed by atoms with Crippen LogP contribution in [0.3, 0.4) is 0 Å². The van der Waals surface area contributed by atoms with E-state index < -0.39 is 11.5 Å². The van der Waals surface area contributed by atoms with Gasteiger partial charge in [-0.1, -0.05) is 30.3 Å².